The second kappa shape index (κ2) is 12.2. The molecule has 1 radical (unpaired) electrons. The van der Waals surface area contributed by atoms with Crippen LogP contribution in [0.3, 0.4) is 0 Å². The quantitative estimate of drug-likeness (QED) is 0.394. The van der Waals surface area contributed by atoms with Crippen LogP contribution in [0, 0.1) is 7.43 Å². The Balaban J connectivity index is -0.0000000612. The zero-order chi connectivity index (χ0) is 5.11. The maximum atomic E-state index is 9.77. The van der Waals surface area contributed by atoms with Gasteiger partial charge in [0.15, 0.2) is 0 Å². The predicted octanol–water partition coefficient (Wildman–Crippen LogP) is -4.56. The molecule has 0 heterocycles. The van der Waals surface area contributed by atoms with Gasteiger partial charge in [-0.3, -0.25) is 0 Å². The van der Waals surface area contributed by atoms with Crippen LogP contribution < -0.4 is 9.41 Å². The van der Waals surface area contributed by atoms with Crippen LogP contribution in [0.4, 0.5) is 0 Å². The molecule has 0 aromatic carbocycles. The average Bonchev–Trinajstić information content (AvgIpc) is 2.14. The number of hydrogen-bond donors (Lipinski definition) is 0. The van der Waals surface area contributed by atoms with E-state index in [1.807, 2.05) is 18.4 Å². The molecule has 67 valence electrons. The summed E-state index contributed by atoms with van der Waals surface area (Å²) in [5.74, 6) is 0. The van der Waals surface area contributed by atoms with Gasteiger partial charge in [-0.15, -0.1) is 12.2 Å². The minimum absolute atomic E-state index is 0. The number of carbonyl (C=O) groups excluding carboxylic acids is 1. The normalized spacial score (nSPS) is 10.7. The number of halogens is 2. The summed E-state index contributed by atoms with van der Waals surface area (Å²) in [6.07, 6.45) is 8.14. The molecule has 0 aliphatic heterocycles. The van der Waals surface area contributed by atoms with Gasteiger partial charge in [-0.05, 0) is 12.7 Å². The molecule has 11 heavy (non-hydrogen) atoms. The molecule has 0 fully saturated rings. The van der Waals surface area contributed by atoms with E-state index in [4.69, 9.17) is 0 Å². The molecule has 4 heteroatoms. The van der Waals surface area contributed by atoms with E-state index in [9.17, 15) is 4.79 Å². The molecule has 1 nitrogen and oxygen atoms in total. The minimum atomic E-state index is 0. The Kier molecular flexibility index (Phi) is 24.9. The van der Waals surface area contributed by atoms with Gasteiger partial charge in [0.2, 0.25) is 0 Å². The fourth-order valence-corrected chi connectivity index (χ4v) is 0.523. The Morgan fingerprint density at radius 1 is 1.36 bits per heavy atom. The van der Waals surface area contributed by atoms with Crippen LogP contribution in [0.2, 0.25) is 0 Å². The van der Waals surface area contributed by atoms with Gasteiger partial charge in [0, 0.05) is 0 Å². The van der Waals surface area contributed by atoms with Crippen molar-refractivity contribution in [3.05, 3.63) is 31.2 Å². The predicted molar refractivity (Wildman–Crippen MR) is 33.9 cm³/mol. The summed E-state index contributed by atoms with van der Waals surface area (Å²) in [4.78, 5) is 9.77. The van der Waals surface area contributed by atoms with E-state index in [0.717, 1.165) is 12.0 Å². The first-order chi connectivity index (χ1) is 3.43. The molecule has 0 aromatic rings. The van der Waals surface area contributed by atoms with E-state index in [1.165, 1.54) is 0 Å². The van der Waals surface area contributed by atoms with Crippen LogP contribution in [0.15, 0.2) is 23.8 Å². The van der Waals surface area contributed by atoms with E-state index in [2.05, 4.69) is 0 Å². The molecule has 1 aliphatic carbocycles. The van der Waals surface area contributed by atoms with Crippen molar-refractivity contribution in [1.29, 1.82) is 0 Å². The van der Waals surface area contributed by atoms with Crippen LogP contribution in [0.1, 0.15) is 6.42 Å². The second-order valence-corrected chi connectivity index (χ2v) is 1.43. The summed E-state index contributed by atoms with van der Waals surface area (Å²) in [7, 11) is 0. The van der Waals surface area contributed by atoms with Gasteiger partial charge < -0.3 is 21.6 Å². The van der Waals surface area contributed by atoms with E-state index in [1.54, 1.807) is 6.08 Å². The van der Waals surface area contributed by atoms with Gasteiger partial charge in [0.1, 0.15) is 0 Å². The Morgan fingerprint density at radius 2 is 1.91 bits per heavy atom. The van der Waals surface area contributed by atoms with Gasteiger partial charge in [-0.25, -0.2) is 6.08 Å². The van der Waals surface area contributed by atoms with E-state index < -0.39 is 0 Å². The number of rotatable bonds is 1. The van der Waals surface area contributed by atoms with Crippen molar-refractivity contribution in [2.45, 2.75) is 6.42 Å². The maximum Gasteiger partial charge on any atom is 2.00 e. The van der Waals surface area contributed by atoms with Gasteiger partial charge in [-0.2, -0.15) is 5.57 Å². The summed E-state index contributed by atoms with van der Waals surface area (Å²) in [6.45, 7) is 0. The van der Waals surface area contributed by atoms with E-state index in [0.29, 0.717) is 0 Å². The van der Waals surface area contributed by atoms with Crippen molar-refractivity contribution >= 4 is 6.29 Å². The summed E-state index contributed by atoms with van der Waals surface area (Å²) < 4.78 is 0. The Bertz CT molecular complexity index is 143. The molecule has 0 unspecified atom stereocenters. The Hall–Kier alpha value is -0.484. The summed E-state index contributed by atoms with van der Waals surface area (Å²) in [5.41, 5.74) is 0.750. The minimum Gasteiger partial charge on any atom is -1.00 e. The smallest absolute Gasteiger partial charge is 1.00 e. The first kappa shape index (κ1) is 22.4. The monoisotopic (exact) mass is 205 g/mol. The SMILES string of the molecule is O=[C-]C1=CC=CC1.[CH3-].[Co+2].[F-].[F-]. The van der Waals surface area contributed by atoms with Gasteiger partial charge in [0.05, 0.1) is 0 Å². The average molecular weight is 205 g/mol. The topological polar surface area (TPSA) is 17.1 Å². The standard InChI is InChI=1S/C6H5O.CH3.Co.2FH/c7-5-6-3-1-2-4-6;;;;/h1-3H,4H2;1H3;;2*1H/q2*-1;+2;;/p-2. The van der Waals surface area contributed by atoms with Crippen molar-refractivity contribution in [1.82, 2.24) is 0 Å². The molecule has 1 aliphatic rings. The molecule has 0 N–H and O–H groups in total. The molecule has 0 spiro atoms. The second-order valence-electron chi connectivity index (χ2n) is 1.43. The van der Waals surface area contributed by atoms with Crippen molar-refractivity contribution in [2.75, 3.05) is 0 Å². The Labute approximate surface area is 75.5 Å². The third-order valence-electron chi connectivity index (χ3n) is 0.902. The molecular formula is C7H8CoF2O-2. The Morgan fingerprint density at radius 3 is 2.09 bits per heavy atom. The largest absolute Gasteiger partial charge is 2.00 e. The molecule has 1 rings (SSSR count). The van der Waals surface area contributed by atoms with Crippen LogP contribution in [0.5, 0.6) is 0 Å². The van der Waals surface area contributed by atoms with Crippen molar-refractivity contribution in [3.63, 3.8) is 0 Å². The molecule has 0 saturated carbocycles. The van der Waals surface area contributed by atoms with Crippen molar-refractivity contribution < 1.29 is 31.0 Å². The molecule has 0 atom stereocenters. The summed E-state index contributed by atoms with van der Waals surface area (Å²) >= 11 is 0. The van der Waals surface area contributed by atoms with Crippen LogP contribution in [-0.4, -0.2) is 6.29 Å². The molecule has 0 aromatic heterocycles. The third kappa shape index (κ3) is 7.41. The zero-order valence-corrected chi connectivity index (χ0v) is 6.98. The van der Waals surface area contributed by atoms with Crippen molar-refractivity contribution in [2.24, 2.45) is 0 Å². The van der Waals surface area contributed by atoms with Gasteiger partial charge >= 0.3 is 16.8 Å². The van der Waals surface area contributed by atoms with Crippen LogP contribution in [-0.2, 0) is 21.6 Å². The summed E-state index contributed by atoms with van der Waals surface area (Å²) in [5, 5.41) is 0. The zero-order valence-electron chi connectivity index (χ0n) is 5.94. The van der Waals surface area contributed by atoms with Gasteiger partial charge in [0.25, 0.3) is 0 Å². The third-order valence-corrected chi connectivity index (χ3v) is 0.902. The molecule has 0 amide bonds. The number of hydrogen-bond acceptors (Lipinski definition) is 1. The first-order valence-corrected chi connectivity index (χ1v) is 2.17. The molecular weight excluding hydrogens is 197 g/mol. The maximum absolute atomic E-state index is 9.77. The number of allylic oxidation sites excluding steroid dienone is 4. The van der Waals surface area contributed by atoms with E-state index >= 15 is 0 Å². The first-order valence-electron chi connectivity index (χ1n) is 2.17. The molecule has 0 saturated heterocycles. The van der Waals surface area contributed by atoms with Crippen LogP contribution >= 0.6 is 0 Å². The van der Waals surface area contributed by atoms with Crippen LogP contribution in [0.25, 0.3) is 0 Å². The van der Waals surface area contributed by atoms with E-state index in [-0.39, 0.29) is 33.6 Å². The fraction of sp³-hybridized carbons (Fsp3) is 0.143. The fourth-order valence-electron chi connectivity index (χ4n) is 0.523. The summed E-state index contributed by atoms with van der Waals surface area (Å²) in [6, 6.07) is 0. The van der Waals surface area contributed by atoms with Crippen molar-refractivity contribution in [3.8, 4) is 0 Å². The van der Waals surface area contributed by atoms with Gasteiger partial charge in [-0.1, -0.05) is 0 Å². The molecule has 0 bridgehead atoms.